The number of aromatic nitrogens is 2. The van der Waals surface area contributed by atoms with Crippen LogP contribution in [0, 0.1) is 5.82 Å². The van der Waals surface area contributed by atoms with Gasteiger partial charge in [0.15, 0.2) is 4.73 Å². The van der Waals surface area contributed by atoms with Crippen LogP contribution in [0.25, 0.3) is 10.9 Å². The lowest BCUT2D eigenvalue weighted by Gasteiger charge is -2.00. The van der Waals surface area contributed by atoms with Crippen LogP contribution in [0.15, 0.2) is 22.9 Å². The Morgan fingerprint density at radius 3 is 2.85 bits per heavy atom. The molecule has 1 heterocycles. The van der Waals surface area contributed by atoms with Gasteiger partial charge in [0.05, 0.1) is 5.52 Å². The van der Waals surface area contributed by atoms with Crippen molar-refractivity contribution in [1.82, 2.24) is 9.97 Å². The molecule has 2 aromatic rings. The summed E-state index contributed by atoms with van der Waals surface area (Å²) in [5.41, 5.74) is 6.10. The smallest absolute Gasteiger partial charge is 0.199 e. The van der Waals surface area contributed by atoms with E-state index in [9.17, 15) is 4.39 Å². The predicted molar refractivity (Wildman–Crippen MR) is 51.6 cm³/mol. The van der Waals surface area contributed by atoms with Crippen molar-refractivity contribution in [3.63, 3.8) is 0 Å². The Balaban J connectivity index is 2.86. The zero-order valence-corrected chi connectivity index (χ0v) is 8.05. The molecular weight excluding hydrogens is 237 g/mol. The highest BCUT2D eigenvalue weighted by atomic mass is 79.9. The number of nitrogens with zero attached hydrogens (tertiary/aromatic N) is 2. The lowest BCUT2D eigenvalue weighted by molar-refractivity contribution is 0.629. The van der Waals surface area contributed by atoms with Crippen molar-refractivity contribution in [2.24, 2.45) is 0 Å². The number of fused-ring (bicyclic) bond motifs is 1. The summed E-state index contributed by atoms with van der Waals surface area (Å²) in [6, 6.07) is 4.21. The first-order valence-electron chi connectivity index (χ1n) is 3.55. The molecule has 5 heteroatoms. The maximum Gasteiger partial charge on any atom is 0.199 e. The van der Waals surface area contributed by atoms with Gasteiger partial charge in [-0.15, -0.1) is 0 Å². The van der Waals surface area contributed by atoms with Gasteiger partial charge in [-0.05, 0) is 28.1 Å². The molecule has 0 spiro atoms. The Labute approximate surface area is 81.9 Å². The van der Waals surface area contributed by atoms with E-state index < -0.39 is 0 Å². The molecule has 0 saturated carbocycles. The van der Waals surface area contributed by atoms with Crippen LogP contribution in [-0.2, 0) is 0 Å². The van der Waals surface area contributed by atoms with Gasteiger partial charge in [0.1, 0.15) is 11.6 Å². The van der Waals surface area contributed by atoms with Gasteiger partial charge in [-0.1, -0.05) is 0 Å². The average Bonchev–Trinajstić information content (AvgIpc) is 2.02. The van der Waals surface area contributed by atoms with Crippen LogP contribution >= 0.6 is 15.9 Å². The molecule has 0 aliphatic rings. The first-order valence-corrected chi connectivity index (χ1v) is 4.34. The van der Waals surface area contributed by atoms with E-state index in [1.165, 1.54) is 12.1 Å². The highest BCUT2D eigenvalue weighted by Crippen LogP contribution is 2.20. The second-order valence-electron chi connectivity index (χ2n) is 2.54. The minimum Gasteiger partial charge on any atom is -0.383 e. The molecule has 0 fully saturated rings. The Morgan fingerprint density at radius 1 is 1.31 bits per heavy atom. The number of hydrogen-bond donors (Lipinski definition) is 1. The molecule has 2 rings (SSSR count). The van der Waals surface area contributed by atoms with Crippen molar-refractivity contribution in [1.29, 1.82) is 0 Å². The first-order chi connectivity index (χ1) is 6.16. The van der Waals surface area contributed by atoms with E-state index in [1.54, 1.807) is 6.07 Å². The lowest BCUT2D eigenvalue weighted by Crippen LogP contribution is -1.95. The molecule has 0 bridgehead atoms. The van der Waals surface area contributed by atoms with Crippen LogP contribution in [-0.4, -0.2) is 9.97 Å². The van der Waals surface area contributed by atoms with E-state index >= 15 is 0 Å². The van der Waals surface area contributed by atoms with Gasteiger partial charge in [0.25, 0.3) is 0 Å². The molecule has 0 atom stereocenters. The van der Waals surface area contributed by atoms with Crippen LogP contribution in [0.3, 0.4) is 0 Å². The topological polar surface area (TPSA) is 51.8 Å². The molecule has 1 aromatic heterocycles. The zero-order valence-electron chi connectivity index (χ0n) is 6.46. The van der Waals surface area contributed by atoms with Crippen molar-refractivity contribution < 1.29 is 4.39 Å². The van der Waals surface area contributed by atoms with E-state index in [4.69, 9.17) is 5.73 Å². The Kier molecular flexibility index (Phi) is 1.88. The predicted octanol–water partition coefficient (Wildman–Crippen LogP) is 2.11. The van der Waals surface area contributed by atoms with E-state index in [0.29, 0.717) is 21.5 Å². The fourth-order valence-electron chi connectivity index (χ4n) is 1.10. The number of benzene rings is 1. The molecule has 0 radical (unpaired) electrons. The lowest BCUT2D eigenvalue weighted by atomic mass is 10.2. The largest absolute Gasteiger partial charge is 0.383 e. The van der Waals surface area contributed by atoms with Crippen LogP contribution in [0.5, 0.6) is 0 Å². The highest BCUT2D eigenvalue weighted by Gasteiger charge is 2.03. The monoisotopic (exact) mass is 241 g/mol. The molecule has 0 aliphatic carbocycles. The average molecular weight is 242 g/mol. The second-order valence-corrected chi connectivity index (χ2v) is 3.25. The summed E-state index contributed by atoms with van der Waals surface area (Å²) in [6.45, 7) is 0. The molecule has 66 valence electrons. The fourth-order valence-corrected chi connectivity index (χ4v) is 1.48. The minimum absolute atomic E-state index is 0.336. The van der Waals surface area contributed by atoms with Gasteiger partial charge in [-0.2, -0.15) is 0 Å². The van der Waals surface area contributed by atoms with Crippen molar-refractivity contribution in [3.8, 4) is 0 Å². The molecule has 0 aliphatic heterocycles. The van der Waals surface area contributed by atoms with Gasteiger partial charge in [-0.25, -0.2) is 14.4 Å². The van der Waals surface area contributed by atoms with Crippen molar-refractivity contribution in [2.75, 3.05) is 5.73 Å². The van der Waals surface area contributed by atoms with E-state index in [-0.39, 0.29) is 5.82 Å². The first kappa shape index (κ1) is 8.37. The van der Waals surface area contributed by atoms with E-state index in [1.807, 2.05) is 0 Å². The third-order valence-corrected chi connectivity index (χ3v) is 2.02. The van der Waals surface area contributed by atoms with Crippen molar-refractivity contribution >= 4 is 32.7 Å². The number of nitrogens with two attached hydrogens (primary N) is 1. The number of rotatable bonds is 0. The summed E-state index contributed by atoms with van der Waals surface area (Å²) in [4.78, 5) is 7.88. The summed E-state index contributed by atoms with van der Waals surface area (Å²) in [6.07, 6.45) is 0. The van der Waals surface area contributed by atoms with E-state index in [2.05, 4.69) is 25.9 Å². The zero-order chi connectivity index (χ0) is 9.42. The molecule has 0 saturated heterocycles. The summed E-state index contributed by atoms with van der Waals surface area (Å²) < 4.78 is 13.1. The summed E-state index contributed by atoms with van der Waals surface area (Å²) in [5.74, 6) is 0.00868. The van der Waals surface area contributed by atoms with Crippen molar-refractivity contribution in [3.05, 3.63) is 28.7 Å². The quantitative estimate of drug-likeness (QED) is 0.720. The molecule has 0 unspecified atom stereocenters. The SMILES string of the molecule is Nc1nc(Br)nc2cc(F)ccc12. The van der Waals surface area contributed by atoms with Crippen LogP contribution in [0.2, 0.25) is 0 Å². The van der Waals surface area contributed by atoms with Crippen molar-refractivity contribution in [2.45, 2.75) is 0 Å². The van der Waals surface area contributed by atoms with Gasteiger partial charge >= 0.3 is 0 Å². The molecule has 0 amide bonds. The molecule has 3 nitrogen and oxygen atoms in total. The number of hydrogen-bond acceptors (Lipinski definition) is 3. The Bertz CT molecular complexity index is 467. The van der Waals surface area contributed by atoms with Gasteiger partial charge in [-0.3, -0.25) is 0 Å². The third kappa shape index (κ3) is 1.47. The Hall–Kier alpha value is -1.23. The maximum atomic E-state index is 12.8. The number of anilines is 1. The molecular formula is C8H5BrFN3. The molecule has 13 heavy (non-hydrogen) atoms. The van der Waals surface area contributed by atoms with Gasteiger partial charge < -0.3 is 5.73 Å². The van der Waals surface area contributed by atoms with Crippen LogP contribution in [0.4, 0.5) is 10.2 Å². The normalized spacial score (nSPS) is 10.6. The van der Waals surface area contributed by atoms with Crippen LogP contribution < -0.4 is 5.73 Å². The maximum absolute atomic E-state index is 12.8. The fraction of sp³-hybridized carbons (Fsp3) is 0. The highest BCUT2D eigenvalue weighted by molar-refractivity contribution is 9.10. The Morgan fingerprint density at radius 2 is 2.08 bits per heavy atom. The summed E-state index contributed by atoms with van der Waals surface area (Å²) >= 11 is 3.08. The van der Waals surface area contributed by atoms with E-state index in [0.717, 1.165) is 0 Å². The van der Waals surface area contributed by atoms with Gasteiger partial charge in [0.2, 0.25) is 0 Å². The second kappa shape index (κ2) is 2.92. The molecule has 1 aromatic carbocycles. The number of nitrogen functional groups attached to an aromatic ring is 1. The van der Waals surface area contributed by atoms with Gasteiger partial charge in [0, 0.05) is 11.5 Å². The molecule has 2 N–H and O–H groups in total. The summed E-state index contributed by atoms with van der Waals surface area (Å²) in [5, 5.41) is 0.657. The van der Waals surface area contributed by atoms with Crippen LogP contribution in [0.1, 0.15) is 0 Å². The minimum atomic E-state index is -0.336. The number of halogens is 2. The summed E-state index contributed by atoms with van der Waals surface area (Å²) in [7, 11) is 0. The standard InChI is InChI=1S/C8H5BrFN3/c9-8-12-6-3-4(10)1-2-5(6)7(11)13-8/h1-3H,(H2,11,12,13). The third-order valence-electron chi connectivity index (χ3n) is 1.66.